The van der Waals surface area contributed by atoms with E-state index in [1.807, 2.05) is 12.1 Å². The summed E-state index contributed by atoms with van der Waals surface area (Å²) in [5, 5.41) is 6.13. The van der Waals surface area contributed by atoms with Gasteiger partial charge in [-0.25, -0.2) is 4.79 Å². The molecule has 29 heavy (non-hydrogen) atoms. The molecule has 2 N–H and O–H groups in total. The Balaban J connectivity index is 1.35. The highest BCUT2D eigenvalue weighted by molar-refractivity contribution is 5.74. The Kier molecular flexibility index (Phi) is 8.00. The minimum Gasteiger partial charge on any atom is -0.497 e. The van der Waals surface area contributed by atoms with Gasteiger partial charge in [0.05, 0.1) is 19.8 Å². The fourth-order valence-electron chi connectivity index (χ4n) is 4.10. The van der Waals surface area contributed by atoms with Crippen LogP contribution in [-0.2, 0) is 4.74 Å². The third kappa shape index (κ3) is 6.78. The zero-order valence-electron chi connectivity index (χ0n) is 18.0. The van der Waals surface area contributed by atoms with E-state index in [1.54, 1.807) is 7.11 Å². The lowest BCUT2D eigenvalue weighted by molar-refractivity contribution is -0.0290. The lowest BCUT2D eigenvalue weighted by Gasteiger charge is -2.35. The molecule has 0 spiro atoms. The third-order valence-corrected chi connectivity index (χ3v) is 5.60. The molecule has 1 aromatic rings. The van der Waals surface area contributed by atoms with Gasteiger partial charge in [0.15, 0.2) is 0 Å². The van der Waals surface area contributed by atoms with E-state index in [2.05, 4.69) is 46.4 Å². The Morgan fingerprint density at radius 1 is 1.21 bits per heavy atom. The summed E-state index contributed by atoms with van der Waals surface area (Å²) < 4.78 is 11.0. The van der Waals surface area contributed by atoms with Gasteiger partial charge in [0, 0.05) is 51.0 Å². The van der Waals surface area contributed by atoms with Crippen molar-refractivity contribution in [1.82, 2.24) is 15.5 Å². The Hall–Kier alpha value is -1.99. The molecule has 0 radical (unpaired) electrons. The lowest BCUT2D eigenvalue weighted by Crippen LogP contribution is -2.52. The van der Waals surface area contributed by atoms with E-state index >= 15 is 0 Å². The van der Waals surface area contributed by atoms with Gasteiger partial charge < -0.3 is 25.0 Å². The van der Waals surface area contributed by atoms with Crippen molar-refractivity contribution in [2.24, 2.45) is 5.92 Å². The maximum atomic E-state index is 12.3. The first-order valence-corrected chi connectivity index (χ1v) is 10.8. The monoisotopic (exact) mass is 404 g/mol. The minimum absolute atomic E-state index is 0.0742. The Labute approximate surface area is 174 Å². The maximum Gasteiger partial charge on any atom is 0.315 e. The van der Waals surface area contributed by atoms with Gasteiger partial charge in [-0.15, -0.1) is 0 Å². The maximum absolute atomic E-state index is 12.3. The molecular formula is C22H36N4O3. The molecule has 1 unspecified atom stereocenters. The molecule has 2 saturated heterocycles. The second-order valence-electron chi connectivity index (χ2n) is 8.46. The average Bonchev–Trinajstić information content (AvgIpc) is 2.73. The molecule has 3 rings (SSSR count). The van der Waals surface area contributed by atoms with Gasteiger partial charge in [-0.1, -0.05) is 13.8 Å². The van der Waals surface area contributed by atoms with Crippen LogP contribution in [-0.4, -0.2) is 76.1 Å². The molecule has 162 valence electrons. The van der Waals surface area contributed by atoms with Gasteiger partial charge in [0.25, 0.3) is 0 Å². The molecule has 2 aliphatic rings. The zero-order chi connectivity index (χ0) is 20.6. The number of methoxy groups -OCH3 is 1. The number of urea groups is 1. The summed E-state index contributed by atoms with van der Waals surface area (Å²) in [7, 11) is 1.68. The second kappa shape index (κ2) is 10.7. The molecule has 1 atom stereocenters. The highest BCUT2D eigenvalue weighted by Gasteiger charge is 2.23. The van der Waals surface area contributed by atoms with Crippen LogP contribution in [0.5, 0.6) is 5.75 Å². The van der Waals surface area contributed by atoms with Crippen molar-refractivity contribution < 1.29 is 14.3 Å². The number of benzene rings is 1. The summed E-state index contributed by atoms with van der Waals surface area (Å²) in [6, 6.07) is 8.29. The number of piperidine rings is 1. The third-order valence-electron chi connectivity index (χ3n) is 5.60. The smallest absolute Gasteiger partial charge is 0.315 e. The number of anilines is 1. The highest BCUT2D eigenvalue weighted by atomic mass is 16.5. The summed E-state index contributed by atoms with van der Waals surface area (Å²) in [5.74, 6) is 1.52. The SMILES string of the molecule is COc1ccc(N2CCC(NC(=O)NCC3CN(CC(C)C)CCO3)CC2)cc1. The fourth-order valence-corrected chi connectivity index (χ4v) is 4.10. The number of rotatable bonds is 7. The molecule has 2 fully saturated rings. The van der Waals surface area contributed by atoms with E-state index in [-0.39, 0.29) is 18.2 Å². The molecule has 7 heteroatoms. The number of carbonyl (C=O) groups excluding carboxylic acids is 1. The van der Waals surface area contributed by atoms with Crippen LogP contribution in [0.4, 0.5) is 10.5 Å². The van der Waals surface area contributed by atoms with Crippen LogP contribution in [0.1, 0.15) is 26.7 Å². The number of hydrogen-bond donors (Lipinski definition) is 2. The molecule has 0 aliphatic carbocycles. The number of carbonyl (C=O) groups is 1. The fraction of sp³-hybridized carbons (Fsp3) is 0.682. The molecule has 0 saturated carbocycles. The van der Waals surface area contributed by atoms with Gasteiger partial charge in [0.2, 0.25) is 0 Å². The van der Waals surface area contributed by atoms with Crippen molar-refractivity contribution in [2.75, 3.05) is 57.9 Å². The summed E-state index contributed by atoms with van der Waals surface area (Å²) in [6.07, 6.45) is 1.97. The van der Waals surface area contributed by atoms with Crippen LogP contribution in [0.2, 0.25) is 0 Å². The van der Waals surface area contributed by atoms with Crippen molar-refractivity contribution in [1.29, 1.82) is 0 Å². The quantitative estimate of drug-likeness (QED) is 0.730. The number of nitrogens with zero attached hydrogens (tertiary/aromatic N) is 2. The molecule has 1 aromatic carbocycles. The van der Waals surface area contributed by atoms with Crippen LogP contribution in [0.15, 0.2) is 24.3 Å². The molecule has 0 aromatic heterocycles. The van der Waals surface area contributed by atoms with Crippen LogP contribution in [0, 0.1) is 5.92 Å². The van der Waals surface area contributed by atoms with Crippen LogP contribution < -0.4 is 20.3 Å². The lowest BCUT2D eigenvalue weighted by atomic mass is 10.0. The van der Waals surface area contributed by atoms with Gasteiger partial charge in [-0.3, -0.25) is 4.90 Å². The van der Waals surface area contributed by atoms with Crippen molar-refractivity contribution in [3.05, 3.63) is 24.3 Å². The Bertz CT molecular complexity index is 629. The first kappa shape index (κ1) is 21.7. The van der Waals surface area contributed by atoms with Crippen LogP contribution in [0.25, 0.3) is 0 Å². The number of morpholine rings is 1. The normalized spacial score (nSPS) is 21.2. The first-order chi connectivity index (χ1) is 14.0. The number of nitrogens with one attached hydrogen (secondary N) is 2. The topological polar surface area (TPSA) is 66.1 Å². The van der Waals surface area contributed by atoms with E-state index in [0.29, 0.717) is 12.5 Å². The Morgan fingerprint density at radius 2 is 1.93 bits per heavy atom. The van der Waals surface area contributed by atoms with Crippen molar-refractivity contribution >= 4 is 11.7 Å². The predicted octanol–water partition coefficient (Wildman–Crippen LogP) is 2.32. The number of hydrogen-bond acceptors (Lipinski definition) is 5. The van der Waals surface area contributed by atoms with E-state index in [1.165, 1.54) is 5.69 Å². The number of amides is 2. The van der Waals surface area contributed by atoms with E-state index < -0.39 is 0 Å². The van der Waals surface area contributed by atoms with Gasteiger partial charge in [-0.2, -0.15) is 0 Å². The molecule has 0 bridgehead atoms. The van der Waals surface area contributed by atoms with Gasteiger partial charge >= 0.3 is 6.03 Å². The Morgan fingerprint density at radius 3 is 2.59 bits per heavy atom. The zero-order valence-corrected chi connectivity index (χ0v) is 18.0. The van der Waals surface area contributed by atoms with E-state index in [9.17, 15) is 4.79 Å². The summed E-state index contributed by atoms with van der Waals surface area (Å²) in [6.45, 7) is 10.6. The largest absolute Gasteiger partial charge is 0.497 e. The molecule has 2 amide bonds. The highest BCUT2D eigenvalue weighted by Crippen LogP contribution is 2.22. The minimum atomic E-state index is -0.0857. The molecule has 7 nitrogen and oxygen atoms in total. The average molecular weight is 405 g/mol. The van der Waals surface area contributed by atoms with Crippen LogP contribution in [0.3, 0.4) is 0 Å². The first-order valence-electron chi connectivity index (χ1n) is 10.8. The molecular weight excluding hydrogens is 368 g/mol. The second-order valence-corrected chi connectivity index (χ2v) is 8.46. The number of ether oxygens (including phenoxy) is 2. The van der Waals surface area contributed by atoms with Gasteiger partial charge in [-0.05, 0) is 43.0 Å². The predicted molar refractivity (Wildman–Crippen MR) is 116 cm³/mol. The van der Waals surface area contributed by atoms with E-state index in [0.717, 1.165) is 57.9 Å². The summed E-state index contributed by atoms with van der Waals surface area (Å²) in [4.78, 5) is 17.1. The van der Waals surface area contributed by atoms with Crippen molar-refractivity contribution in [3.63, 3.8) is 0 Å². The van der Waals surface area contributed by atoms with Gasteiger partial charge in [0.1, 0.15) is 5.75 Å². The van der Waals surface area contributed by atoms with E-state index in [4.69, 9.17) is 9.47 Å². The molecule has 2 heterocycles. The van der Waals surface area contributed by atoms with Crippen molar-refractivity contribution in [3.8, 4) is 5.75 Å². The van der Waals surface area contributed by atoms with Crippen molar-refractivity contribution in [2.45, 2.75) is 38.8 Å². The molecule has 2 aliphatic heterocycles. The van der Waals surface area contributed by atoms with Crippen LogP contribution >= 0.6 is 0 Å². The summed E-state index contributed by atoms with van der Waals surface area (Å²) >= 11 is 0. The summed E-state index contributed by atoms with van der Waals surface area (Å²) in [5.41, 5.74) is 1.20. The standard InChI is InChI=1S/C22H36N4O3/c1-17(2)15-25-12-13-29-21(16-25)14-23-22(27)24-18-8-10-26(11-9-18)19-4-6-20(28-3)7-5-19/h4-7,17-18,21H,8-16H2,1-3H3,(H2,23,24,27).